The molecule has 0 saturated heterocycles. The minimum atomic E-state index is -1.18. The molecule has 0 spiro atoms. The lowest BCUT2D eigenvalue weighted by molar-refractivity contribution is 0.0708. The first-order valence-corrected chi connectivity index (χ1v) is 7.70. The molecule has 1 N–H and O–H groups in total. The van der Waals surface area contributed by atoms with Crippen LogP contribution in [0.1, 0.15) is 39.5 Å². The van der Waals surface area contributed by atoms with Crippen LogP contribution in [0.4, 0.5) is 0 Å². The van der Waals surface area contributed by atoms with Crippen molar-refractivity contribution in [2.75, 3.05) is 0 Å². The summed E-state index contributed by atoms with van der Waals surface area (Å²) in [7, 11) is -1.18. The minimum absolute atomic E-state index is 0.712. The third-order valence-electron chi connectivity index (χ3n) is 2.84. The van der Waals surface area contributed by atoms with Crippen molar-refractivity contribution in [2.24, 2.45) is 0 Å². The standard InChI is InChI=1S/C15H22O2S/c1-3-10-15(16,11-4-2)12-13-18(17)14-8-6-5-7-9-14/h5-9,12-13,16H,3-4,10-11H2,1-2H3/b13-12-. The Kier molecular flexibility index (Phi) is 6.30. The van der Waals surface area contributed by atoms with Gasteiger partial charge in [0, 0.05) is 10.3 Å². The second-order valence-electron chi connectivity index (χ2n) is 4.52. The number of rotatable bonds is 7. The molecule has 0 fully saturated rings. The largest absolute Gasteiger partial charge is 0.386 e. The molecule has 1 unspecified atom stereocenters. The van der Waals surface area contributed by atoms with E-state index >= 15 is 0 Å². The van der Waals surface area contributed by atoms with E-state index in [0.717, 1.165) is 17.7 Å². The van der Waals surface area contributed by atoms with E-state index in [4.69, 9.17) is 0 Å². The van der Waals surface area contributed by atoms with Crippen molar-refractivity contribution in [3.05, 3.63) is 41.8 Å². The van der Waals surface area contributed by atoms with Crippen LogP contribution in [0, 0.1) is 0 Å². The van der Waals surface area contributed by atoms with E-state index in [-0.39, 0.29) is 0 Å². The van der Waals surface area contributed by atoms with Crippen LogP contribution in [0.2, 0.25) is 0 Å². The van der Waals surface area contributed by atoms with Crippen molar-refractivity contribution in [3.8, 4) is 0 Å². The van der Waals surface area contributed by atoms with Crippen molar-refractivity contribution in [1.29, 1.82) is 0 Å². The number of benzene rings is 1. The van der Waals surface area contributed by atoms with Crippen molar-refractivity contribution < 1.29 is 9.32 Å². The molecule has 18 heavy (non-hydrogen) atoms. The van der Waals surface area contributed by atoms with Gasteiger partial charge in [0.05, 0.1) is 16.4 Å². The van der Waals surface area contributed by atoms with Gasteiger partial charge in [0.2, 0.25) is 0 Å². The lowest BCUT2D eigenvalue weighted by Gasteiger charge is -2.23. The molecule has 0 aliphatic heterocycles. The lowest BCUT2D eigenvalue weighted by Crippen LogP contribution is -2.25. The highest BCUT2D eigenvalue weighted by molar-refractivity contribution is 7.88. The van der Waals surface area contributed by atoms with Gasteiger partial charge in [-0.05, 0) is 31.1 Å². The van der Waals surface area contributed by atoms with E-state index < -0.39 is 16.4 Å². The molecule has 0 aromatic heterocycles. The van der Waals surface area contributed by atoms with Gasteiger partial charge in [-0.25, -0.2) is 4.21 Å². The highest BCUT2D eigenvalue weighted by atomic mass is 32.2. The van der Waals surface area contributed by atoms with Gasteiger partial charge in [-0.1, -0.05) is 44.9 Å². The van der Waals surface area contributed by atoms with Crippen molar-refractivity contribution in [3.63, 3.8) is 0 Å². The summed E-state index contributed by atoms with van der Waals surface area (Å²) < 4.78 is 12.0. The number of hydrogen-bond donors (Lipinski definition) is 1. The highest BCUT2D eigenvalue weighted by Crippen LogP contribution is 2.22. The predicted molar refractivity (Wildman–Crippen MR) is 76.8 cm³/mol. The molecule has 0 bridgehead atoms. The fraction of sp³-hybridized carbons (Fsp3) is 0.467. The molecule has 1 aromatic rings. The molecule has 0 heterocycles. The predicted octanol–water partition coefficient (Wildman–Crippen LogP) is 3.64. The van der Waals surface area contributed by atoms with Crippen LogP contribution >= 0.6 is 0 Å². The fourth-order valence-corrected chi connectivity index (χ4v) is 2.94. The monoisotopic (exact) mass is 266 g/mol. The summed E-state index contributed by atoms with van der Waals surface area (Å²) in [4.78, 5) is 0.768. The van der Waals surface area contributed by atoms with Crippen molar-refractivity contribution in [1.82, 2.24) is 0 Å². The zero-order valence-electron chi connectivity index (χ0n) is 11.1. The van der Waals surface area contributed by atoms with Gasteiger partial charge in [-0.2, -0.15) is 0 Å². The van der Waals surface area contributed by atoms with Gasteiger partial charge in [-0.3, -0.25) is 0 Å². The van der Waals surface area contributed by atoms with Gasteiger partial charge in [0.15, 0.2) is 0 Å². The van der Waals surface area contributed by atoms with Crippen LogP contribution in [0.3, 0.4) is 0 Å². The zero-order chi connectivity index (χ0) is 13.4. The van der Waals surface area contributed by atoms with Crippen LogP contribution < -0.4 is 0 Å². The number of hydrogen-bond acceptors (Lipinski definition) is 2. The molecule has 1 rings (SSSR count). The zero-order valence-corrected chi connectivity index (χ0v) is 12.0. The Balaban J connectivity index is 2.75. The van der Waals surface area contributed by atoms with Crippen LogP contribution in [-0.2, 0) is 10.8 Å². The van der Waals surface area contributed by atoms with E-state index in [9.17, 15) is 9.32 Å². The van der Waals surface area contributed by atoms with Crippen LogP contribution in [0.25, 0.3) is 0 Å². The molecule has 0 aliphatic rings. The SMILES string of the molecule is CCCC(O)(/C=C\S(=O)c1ccccc1)CCC. The Morgan fingerprint density at radius 3 is 2.22 bits per heavy atom. The van der Waals surface area contributed by atoms with Gasteiger partial charge >= 0.3 is 0 Å². The summed E-state index contributed by atoms with van der Waals surface area (Å²) in [6.07, 6.45) is 4.97. The summed E-state index contributed by atoms with van der Waals surface area (Å²) in [6.45, 7) is 4.09. The maximum Gasteiger partial charge on any atom is 0.0836 e. The second-order valence-corrected chi connectivity index (χ2v) is 5.86. The first-order valence-electron chi connectivity index (χ1n) is 6.48. The Hall–Kier alpha value is -0.930. The van der Waals surface area contributed by atoms with E-state index in [0.29, 0.717) is 12.8 Å². The van der Waals surface area contributed by atoms with E-state index in [1.54, 1.807) is 11.5 Å². The van der Waals surface area contributed by atoms with Crippen LogP contribution in [0.15, 0.2) is 46.7 Å². The average molecular weight is 266 g/mol. The van der Waals surface area contributed by atoms with Crippen LogP contribution in [-0.4, -0.2) is 14.9 Å². The Morgan fingerprint density at radius 1 is 1.17 bits per heavy atom. The summed E-state index contributed by atoms with van der Waals surface area (Å²) in [5.74, 6) is 0. The van der Waals surface area contributed by atoms with E-state index in [1.165, 1.54) is 0 Å². The Morgan fingerprint density at radius 2 is 1.72 bits per heavy atom. The molecular weight excluding hydrogens is 244 g/mol. The third kappa shape index (κ3) is 4.75. The maximum absolute atomic E-state index is 12.0. The number of aliphatic hydroxyl groups is 1. The Bertz CT molecular complexity index is 392. The fourth-order valence-electron chi connectivity index (χ4n) is 1.98. The Labute approximate surface area is 112 Å². The normalized spacial score (nSPS) is 13.9. The van der Waals surface area contributed by atoms with Crippen molar-refractivity contribution in [2.45, 2.75) is 50.0 Å². The van der Waals surface area contributed by atoms with Crippen LogP contribution in [0.5, 0.6) is 0 Å². The van der Waals surface area contributed by atoms with Gasteiger partial charge < -0.3 is 5.11 Å². The molecule has 0 saturated carbocycles. The summed E-state index contributed by atoms with van der Waals surface area (Å²) >= 11 is 0. The molecule has 2 nitrogen and oxygen atoms in total. The second kappa shape index (κ2) is 7.49. The maximum atomic E-state index is 12.0. The summed E-state index contributed by atoms with van der Waals surface area (Å²) in [5.41, 5.74) is -0.812. The highest BCUT2D eigenvalue weighted by Gasteiger charge is 2.21. The smallest absolute Gasteiger partial charge is 0.0836 e. The topological polar surface area (TPSA) is 37.3 Å². The first-order chi connectivity index (χ1) is 8.61. The molecule has 1 atom stereocenters. The molecular formula is C15H22O2S. The van der Waals surface area contributed by atoms with Gasteiger partial charge in [0.25, 0.3) is 0 Å². The molecule has 0 aliphatic carbocycles. The van der Waals surface area contributed by atoms with E-state index in [1.807, 2.05) is 44.2 Å². The third-order valence-corrected chi connectivity index (χ3v) is 3.96. The van der Waals surface area contributed by atoms with Crippen molar-refractivity contribution >= 4 is 10.8 Å². The summed E-state index contributed by atoms with van der Waals surface area (Å²) in [5, 5.41) is 12.0. The minimum Gasteiger partial charge on any atom is -0.386 e. The van der Waals surface area contributed by atoms with Gasteiger partial charge in [0.1, 0.15) is 0 Å². The van der Waals surface area contributed by atoms with Gasteiger partial charge in [-0.15, -0.1) is 0 Å². The quantitative estimate of drug-likeness (QED) is 0.818. The molecule has 3 heteroatoms. The molecule has 0 amide bonds. The molecule has 1 aromatic carbocycles. The summed E-state index contributed by atoms with van der Waals surface area (Å²) in [6, 6.07) is 9.30. The molecule has 0 radical (unpaired) electrons. The molecule has 100 valence electrons. The lowest BCUT2D eigenvalue weighted by atomic mass is 9.93. The average Bonchev–Trinajstić information content (AvgIpc) is 2.38. The first kappa shape index (κ1) is 15.1. The van der Waals surface area contributed by atoms with E-state index in [2.05, 4.69) is 0 Å².